The highest BCUT2D eigenvalue weighted by Gasteiger charge is 2.37. The van der Waals surface area contributed by atoms with Crippen molar-refractivity contribution in [3.8, 4) is 5.75 Å². The number of thiophene rings is 1. The van der Waals surface area contributed by atoms with Gasteiger partial charge >= 0.3 is 0 Å². The van der Waals surface area contributed by atoms with Crippen LogP contribution in [0.25, 0.3) is 10.9 Å². The number of carbonyl (C=O) groups is 1. The summed E-state index contributed by atoms with van der Waals surface area (Å²) in [5.41, 5.74) is 1.95. The zero-order valence-corrected chi connectivity index (χ0v) is 17.3. The number of hydrogen-bond donors (Lipinski definition) is 3. The van der Waals surface area contributed by atoms with Gasteiger partial charge in [0.05, 0.1) is 0 Å². The van der Waals surface area contributed by atoms with Gasteiger partial charge in [0.15, 0.2) is 5.78 Å². The van der Waals surface area contributed by atoms with Gasteiger partial charge in [0.2, 0.25) is 0 Å². The van der Waals surface area contributed by atoms with E-state index in [1.54, 1.807) is 11.3 Å². The molecule has 5 rings (SSSR count). The van der Waals surface area contributed by atoms with E-state index in [1.165, 1.54) is 9.75 Å². The van der Waals surface area contributed by atoms with E-state index in [9.17, 15) is 9.90 Å². The van der Waals surface area contributed by atoms with Gasteiger partial charge in [-0.1, -0.05) is 6.07 Å². The van der Waals surface area contributed by atoms with Crippen LogP contribution in [0.3, 0.4) is 0 Å². The smallest absolute Gasteiger partial charge is 0.168 e. The fraction of sp³-hybridized carbons (Fsp3) is 0.435. The Balaban J connectivity index is 1.20. The lowest BCUT2D eigenvalue weighted by Crippen LogP contribution is -2.44. The molecule has 4 atom stereocenters. The molecule has 2 heterocycles. The molecule has 152 valence electrons. The van der Waals surface area contributed by atoms with Gasteiger partial charge < -0.3 is 20.1 Å². The first kappa shape index (κ1) is 18.9. The second-order valence-corrected chi connectivity index (χ2v) is 9.57. The van der Waals surface area contributed by atoms with Crippen LogP contribution in [0.4, 0.5) is 0 Å². The number of aliphatic hydroxyl groups excluding tert-OH is 1. The number of ether oxygens (including phenoxy) is 1. The first-order valence-electron chi connectivity index (χ1n) is 10.4. The van der Waals surface area contributed by atoms with Crippen molar-refractivity contribution in [3.05, 3.63) is 51.8 Å². The molecule has 1 saturated carbocycles. The number of Topliss-reactive ketones (excluding diaryl/α,β-unsaturated/α-hetero) is 1. The number of aryl methyl sites for hydroxylation is 2. The quantitative estimate of drug-likeness (QED) is 0.597. The van der Waals surface area contributed by atoms with Crippen LogP contribution < -0.4 is 10.1 Å². The number of nitrogens with one attached hydrogen (secondary N) is 2. The molecule has 1 fully saturated rings. The zero-order valence-electron chi connectivity index (χ0n) is 16.5. The van der Waals surface area contributed by atoms with E-state index < -0.39 is 6.10 Å². The van der Waals surface area contributed by atoms with Crippen LogP contribution in [-0.4, -0.2) is 40.7 Å². The maximum atomic E-state index is 12.8. The van der Waals surface area contributed by atoms with E-state index in [-0.39, 0.29) is 23.8 Å². The molecule has 3 N–H and O–H groups in total. The lowest BCUT2D eigenvalue weighted by atomic mass is 9.87. The normalized spacial score (nSPS) is 26.8. The number of H-pyrrole nitrogens is 1. The number of aliphatic hydroxyl groups is 1. The Labute approximate surface area is 174 Å². The van der Waals surface area contributed by atoms with Crippen molar-refractivity contribution in [1.82, 2.24) is 10.3 Å². The first-order chi connectivity index (χ1) is 14.1. The number of rotatable bonds is 5. The minimum absolute atomic E-state index is 0.00253. The number of aromatic amines is 1. The molecule has 0 spiro atoms. The third kappa shape index (κ3) is 3.50. The summed E-state index contributed by atoms with van der Waals surface area (Å²) in [4.78, 5) is 18.4. The number of aromatic nitrogens is 1. The van der Waals surface area contributed by atoms with E-state index >= 15 is 0 Å². The van der Waals surface area contributed by atoms with Gasteiger partial charge in [0, 0.05) is 50.9 Å². The monoisotopic (exact) mass is 410 g/mol. The van der Waals surface area contributed by atoms with Crippen molar-refractivity contribution in [2.75, 3.05) is 6.54 Å². The van der Waals surface area contributed by atoms with Gasteiger partial charge in [-0.15, -0.1) is 11.3 Å². The largest absolute Gasteiger partial charge is 0.487 e. The van der Waals surface area contributed by atoms with Crippen LogP contribution in [0, 0.1) is 12.8 Å². The molecule has 5 nitrogen and oxygen atoms in total. The van der Waals surface area contributed by atoms with Gasteiger partial charge in [0.25, 0.3) is 0 Å². The van der Waals surface area contributed by atoms with Crippen molar-refractivity contribution in [3.63, 3.8) is 0 Å². The van der Waals surface area contributed by atoms with E-state index in [4.69, 9.17) is 4.74 Å². The summed E-state index contributed by atoms with van der Waals surface area (Å²) in [7, 11) is 0. The molecule has 2 aromatic heterocycles. The van der Waals surface area contributed by atoms with Gasteiger partial charge in [0.1, 0.15) is 18.0 Å². The Hall–Kier alpha value is -2.15. The molecule has 0 amide bonds. The highest BCUT2D eigenvalue weighted by Crippen LogP contribution is 2.33. The van der Waals surface area contributed by atoms with Gasteiger partial charge in [-0.3, -0.25) is 4.79 Å². The van der Waals surface area contributed by atoms with Gasteiger partial charge in [-0.05, 0) is 56.9 Å². The van der Waals surface area contributed by atoms with Crippen molar-refractivity contribution in [2.24, 2.45) is 5.92 Å². The zero-order chi connectivity index (χ0) is 20.0. The topological polar surface area (TPSA) is 74.3 Å². The van der Waals surface area contributed by atoms with Crippen molar-refractivity contribution in [1.29, 1.82) is 0 Å². The predicted octanol–water partition coefficient (Wildman–Crippen LogP) is 3.84. The standard InChI is InChI=1S/C23H26N2O3S/c1-13-11-16-21(29-13)8-5-14(22(16)26)12-25-18-6-7-20(23(18)27)28-19-4-2-3-17-15(19)9-10-24-17/h2-4,9-11,14,18,20,23-25,27H,5-8,12H2,1H3. The lowest BCUT2D eigenvalue weighted by molar-refractivity contribution is 0.0450. The number of ketones is 1. The van der Waals surface area contributed by atoms with Crippen molar-refractivity contribution < 1.29 is 14.6 Å². The van der Waals surface area contributed by atoms with Crippen LogP contribution in [0.2, 0.25) is 0 Å². The van der Waals surface area contributed by atoms with Gasteiger partial charge in [-0.2, -0.15) is 0 Å². The third-order valence-corrected chi connectivity index (χ3v) is 7.41. The molecule has 4 unspecified atom stereocenters. The molecule has 6 heteroatoms. The fourth-order valence-electron chi connectivity index (χ4n) is 4.72. The third-order valence-electron chi connectivity index (χ3n) is 6.30. The summed E-state index contributed by atoms with van der Waals surface area (Å²) in [6, 6.07) is 9.91. The molecule has 2 aliphatic rings. The maximum Gasteiger partial charge on any atom is 0.168 e. The number of carbonyl (C=O) groups excluding carboxylic acids is 1. The molecule has 1 aromatic carbocycles. The minimum Gasteiger partial charge on any atom is -0.487 e. The SMILES string of the molecule is Cc1cc2c(s1)CCC(CNC1CCC(Oc3cccc4[nH]ccc34)C1O)C2=O. The predicted molar refractivity (Wildman–Crippen MR) is 115 cm³/mol. The van der Waals surface area contributed by atoms with Crippen LogP contribution in [0.15, 0.2) is 36.5 Å². The number of hydrogen-bond acceptors (Lipinski definition) is 5. The van der Waals surface area contributed by atoms with Gasteiger partial charge in [-0.25, -0.2) is 0 Å². The second kappa shape index (κ2) is 7.59. The summed E-state index contributed by atoms with van der Waals surface area (Å²) < 4.78 is 6.18. The molecular formula is C23H26N2O3S. The molecule has 0 bridgehead atoms. The average molecular weight is 411 g/mol. The van der Waals surface area contributed by atoms with Crippen LogP contribution in [0.1, 0.15) is 39.4 Å². The Kier molecular flexibility index (Phi) is 4.94. The molecule has 29 heavy (non-hydrogen) atoms. The lowest BCUT2D eigenvalue weighted by Gasteiger charge is -2.25. The fourth-order valence-corrected chi connectivity index (χ4v) is 5.77. The minimum atomic E-state index is -0.582. The molecular weight excluding hydrogens is 384 g/mol. The molecule has 0 aliphatic heterocycles. The summed E-state index contributed by atoms with van der Waals surface area (Å²) >= 11 is 1.74. The molecule has 2 aliphatic carbocycles. The molecule has 0 radical (unpaired) electrons. The van der Waals surface area contributed by atoms with Crippen molar-refractivity contribution in [2.45, 2.75) is 50.9 Å². The van der Waals surface area contributed by atoms with E-state index in [0.29, 0.717) is 6.54 Å². The molecule has 0 saturated heterocycles. The Bertz CT molecular complexity index is 1040. The average Bonchev–Trinajstić information content (AvgIpc) is 3.42. The van der Waals surface area contributed by atoms with Crippen molar-refractivity contribution >= 4 is 28.0 Å². The first-order valence-corrected chi connectivity index (χ1v) is 11.2. The Morgan fingerprint density at radius 3 is 3.07 bits per heavy atom. The molecule has 3 aromatic rings. The summed E-state index contributed by atoms with van der Waals surface area (Å²) in [5, 5.41) is 15.3. The number of fused-ring (bicyclic) bond motifs is 2. The Morgan fingerprint density at radius 2 is 2.17 bits per heavy atom. The van der Waals surface area contributed by atoms with E-state index in [0.717, 1.165) is 47.9 Å². The maximum absolute atomic E-state index is 12.8. The summed E-state index contributed by atoms with van der Waals surface area (Å²) in [6.45, 7) is 2.68. The highest BCUT2D eigenvalue weighted by atomic mass is 32.1. The summed E-state index contributed by atoms with van der Waals surface area (Å²) in [6.07, 6.45) is 4.59. The highest BCUT2D eigenvalue weighted by molar-refractivity contribution is 7.12. The van der Waals surface area contributed by atoms with Crippen LogP contribution in [0.5, 0.6) is 5.75 Å². The Morgan fingerprint density at radius 1 is 1.28 bits per heavy atom. The van der Waals surface area contributed by atoms with E-state index in [2.05, 4.69) is 17.2 Å². The van der Waals surface area contributed by atoms with E-state index in [1.807, 2.05) is 36.5 Å². The summed E-state index contributed by atoms with van der Waals surface area (Å²) in [5.74, 6) is 1.05. The second-order valence-electron chi connectivity index (χ2n) is 8.23. The number of benzene rings is 1. The van der Waals surface area contributed by atoms with Crippen LogP contribution in [-0.2, 0) is 6.42 Å². The van der Waals surface area contributed by atoms with Crippen LogP contribution >= 0.6 is 11.3 Å².